The average Bonchev–Trinajstić information content (AvgIpc) is 3.15. The van der Waals surface area contributed by atoms with E-state index in [4.69, 9.17) is 18.5 Å². The Morgan fingerprint density at radius 3 is 1.43 bits per heavy atom. The quantitative estimate of drug-likeness (QED) is 0.0166. The van der Waals surface area contributed by atoms with Gasteiger partial charge in [-0.1, -0.05) is 135 Å². The number of unbranched alkanes of at least 4 members (excludes halogenated alkanes) is 20. The number of aliphatic hydroxyl groups is 5. The van der Waals surface area contributed by atoms with Gasteiger partial charge in [0.25, 0.3) is 0 Å². The monoisotopic (exact) mass is 794 g/mol. The van der Waals surface area contributed by atoms with Gasteiger partial charge in [-0.25, -0.2) is 4.57 Å². The summed E-state index contributed by atoms with van der Waals surface area (Å²) in [5.74, 6) is -1.11. The van der Waals surface area contributed by atoms with E-state index in [-0.39, 0.29) is 12.8 Å². The maximum Gasteiger partial charge on any atom is 0.472 e. The first-order chi connectivity index (χ1) is 25.9. The molecule has 14 heteroatoms. The molecule has 0 saturated heterocycles. The van der Waals surface area contributed by atoms with Crippen molar-refractivity contribution in [2.24, 2.45) is 0 Å². The lowest BCUT2D eigenvalue weighted by Gasteiger charge is -2.41. The van der Waals surface area contributed by atoms with Crippen LogP contribution in [0.5, 0.6) is 0 Å². The minimum absolute atomic E-state index is 0.0997. The van der Waals surface area contributed by atoms with Crippen molar-refractivity contribution in [1.29, 1.82) is 0 Å². The molecule has 0 aromatic rings. The lowest BCUT2D eigenvalue weighted by Crippen LogP contribution is -2.64. The number of phosphoric ester groups is 1. The number of ether oxygens (including phenoxy) is 2. The Hall–Kier alpha value is -1.41. The van der Waals surface area contributed by atoms with Crippen LogP contribution in [0, 0.1) is 0 Å². The smallest absolute Gasteiger partial charge is 0.462 e. The van der Waals surface area contributed by atoms with Crippen molar-refractivity contribution < 1.29 is 63.1 Å². The number of hydrogen-bond acceptors (Lipinski definition) is 12. The Morgan fingerprint density at radius 1 is 0.556 bits per heavy atom. The summed E-state index contributed by atoms with van der Waals surface area (Å²) in [4.78, 5) is 35.5. The van der Waals surface area contributed by atoms with Crippen LogP contribution in [0.3, 0.4) is 0 Å². The molecule has 6 N–H and O–H groups in total. The SMILES string of the molecule is CCCCCC/C=C/CCCCCCCC(=O)OC[C@H](COP(=O)(O)OC1C(O)C(O)C(O)[C@@H](O)C1O)OC(=O)CCCCCCCCCCCCCC. The first kappa shape index (κ1) is 50.6. The van der Waals surface area contributed by atoms with E-state index in [1.165, 1.54) is 70.6 Å². The number of hydrogen-bond donors (Lipinski definition) is 6. The van der Waals surface area contributed by atoms with Crippen LogP contribution in [0.4, 0.5) is 0 Å². The predicted octanol–water partition coefficient (Wildman–Crippen LogP) is 7.11. The summed E-state index contributed by atoms with van der Waals surface area (Å²) < 4.78 is 33.4. The van der Waals surface area contributed by atoms with Gasteiger partial charge in [0.15, 0.2) is 6.10 Å². The van der Waals surface area contributed by atoms with Crippen LogP contribution >= 0.6 is 7.82 Å². The topological polar surface area (TPSA) is 210 Å². The van der Waals surface area contributed by atoms with Crippen molar-refractivity contribution in [3.8, 4) is 0 Å². The van der Waals surface area contributed by atoms with Gasteiger partial charge in [0.05, 0.1) is 6.61 Å². The molecule has 6 unspecified atom stereocenters. The molecule has 0 spiro atoms. The third-order valence-electron chi connectivity index (χ3n) is 9.86. The molecular weight excluding hydrogens is 719 g/mol. The third-order valence-corrected chi connectivity index (χ3v) is 10.8. The summed E-state index contributed by atoms with van der Waals surface area (Å²) in [6, 6.07) is 0. The average molecular weight is 795 g/mol. The van der Waals surface area contributed by atoms with Crippen LogP contribution in [-0.2, 0) is 32.7 Å². The summed E-state index contributed by atoms with van der Waals surface area (Å²) in [7, 11) is -5.11. The van der Waals surface area contributed by atoms with Crippen LogP contribution in [-0.4, -0.2) is 98.3 Å². The molecule has 1 aliphatic rings. The van der Waals surface area contributed by atoms with Crippen LogP contribution in [0.15, 0.2) is 12.2 Å². The molecule has 1 aliphatic carbocycles. The lowest BCUT2D eigenvalue weighted by atomic mass is 9.85. The normalized spacial score (nSPS) is 23.3. The summed E-state index contributed by atoms with van der Waals surface area (Å²) in [5.41, 5.74) is 0. The van der Waals surface area contributed by atoms with E-state index in [0.29, 0.717) is 12.8 Å². The number of rotatable bonds is 34. The van der Waals surface area contributed by atoms with E-state index in [1.807, 2.05) is 0 Å². The van der Waals surface area contributed by atoms with E-state index in [9.17, 15) is 44.6 Å². The zero-order valence-corrected chi connectivity index (χ0v) is 34.2. The zero-order chi connectivity index (χ0) is 40.0. The van der Waals surface area contributed by atoms with Crippen molar-refractivity contribution in [3.05, 3.63) is 12.2 Å². The largest absolute Gasteiger partial charge is 0.472 e. The number of esters is 2. The van der Waals surface area contributed by atoms with Crippen LogP contribution < -0.4 is 0 Å². The van der Waals surface area contributed by atoms with Crippen LogP contribution in [0.1, 0.15) is 174 Å². The number of allylic oxidation sites excluding steroid dienone is 2. The van der Waals surface area contributed by atoms with Crippen molar-refractivity contribution in [2.45, 2.75) is 217 Å². The standard InChI is InChI=1S/C40H75O13P/c1-3-5-7-9-11-13-15-17-19-20-22-24-26-28-33(41)50-30-32(52-34(42)29-27-25-23-21-18-16-14-12-10-8-6-4-2)31-51-54(48,49)53-40-38(46)36(44)35(43)37(45)39(40)47/h13,15,32,35-40,43-47H,3-12,14,16-31H2,1-2H3,(H,48,49)/b15-13+/t32-,35?,36-,37?,38?,39?,40?/m1/s1. The highest BCUT2D eigenvalue weighted by molar-refractivity contribution is 7.47. The van der Waals surface area contributed by atoms with Gasteiger partial charge in [0.2, 0.25) is 0 Å². The fourth-order valence-electron chi connectivity index (χ4n) is 6.40. The first-order valence-electron chi connectivity index (χ1n) is 21.0. The number of carbonyl (C=O) groups is 2. The Morgan fingerprint density at radius 2 is 0.944 bits per heavy atom. The molecule has 1 rings (SSSR count). The third kappa shape index (κ3) is 24.3. The molecule has 0 aromatic heterocycles. The zero-order valence-electron chi connectivity index (χ0n) is 33.3. The molecular formula is C40H75O13P. The summed E-state index contributed by atoms with van der Waals surface area (Å²) in [6.45, 7) is 3.25. The number of carbonyl (C=O) groups excluding carboxylic acids is 2. The van der Waals surface area contributed by atoms with Crippen molar-refractivity contribution in [1.82, 2.24) is 0 Å². The van der Waals surface area contributed by atoms with Gasteiger partial charge in [-0.15, -0.1) is 0 Å². The Kier molecular flexibility index (Phi) is 29.7. The van der Waals surface area contributed by atoms with E-state index in [1.54, 1.807) is 0 Å². The van der Waals surface area contributed by atoms with E-state index in [0.717, 1.165) is 64.2 Å². The van der Waals surface area contributed by atoms with E-state index in [2.05, 4.69) is 26.0 Å². The highest BCUT2D eigenvalue weighted by Crippen LogP contribution is 2.47. The molecule has 13 nitrogen and oxygen atoms in total. The number of phosphoric acid groups is 1. The first-order valence-corrected chi connectivity index (χ1v) is 22.5. The van der Waals surface area contributed by atoms with Crippen molar-refractivity contribution in [3.63, 3.8) is 0 Å². The van der Waals surface area contributed by atoms with E-state index < -0.39 is 75.7 Å². The second-order valence-electron chi connectivity index (χ2n) is 14.8. The highest BCUT2D eigenvalue weighted by Gasteiger charge is 2.51. The minimum atomic E-state index is -5.11. The molecule has 0 aromatic carbocycles. The predicted molar refractivity (Wildman–Crippen MR) is 207 cm³/mol. The summed E-state index contributed by atoms with van der Waals surface area (Å²) in [5, 5.41) is 50.0. The van der Waals surface area contributed by atoms with Crippen LogP contribution in [0.2, 0.25) is 0 Å². The molecule has 1 saturated carbocycles. The molecule has 0 amide bonds. The summed E-state index contributed by atoms with van der Waals surface area (Å²) >= 11 is 0. The lowest BCUT2D eigenvalue weighted by molar-refractivity contribution is -0.220. The van der Waals surface area contributed by atoms with Gasteiger partial charge in [0, 0.05) is 12.8 Å². The maximum atomic E-state index is 12.8. The highest BCUT2D eigenvalue weighted by atomic mass is 31.2. The number of aliphatic hydroxyl groups excluding tert-OH is 5. The molecule has 54 heavy (non-hydrogen) atoms. The van der Waals surface area contributed by atoms with E-state index >= 15 is 0 Å². The second-order valence-corrected chi connectivity index (χ2v) is 16.3. The maximum absolute atomic E-state index is 12.8. The minimum Gasteiger partial charge on any atom is -0.462 e. The van der Waals surface area contributed by atoms with Gasteiger partial charge in [0.1, 0.15) is 43.2 Å². The molecule has 0 bridgehead atoms. The Bertz CT molecular complexity index is 1010. The van der Waals surface area contributed by atoms with Gasteiger partial charge < -0.3 is 39.9 Å². The van der Waals surface area contributed by atoms with Gasteiger partial charge in [-0.05, 0) is 38.5 Å². The Balaban J connectivity index is 2.51. The molecule has 0 radical (unpaired) electrons. The molecule has 0 heterocycles. The van der Waals surface area contributed by atoms with Crippen molar-refractivity contribution in [2.75, 3.05) is 13.2 Å². The molecule has 1 fully saturated rings. The van der Waals surface area contributed by atoms with Crippen molar-refractivity contribution >= 4 is 19.8 Å². The Labute approximate surface area is 324 Å². The molecule has 8 atom stereocenters. The fraction of sp³-hybridized carbons (Fsp3) is 0.900. The van der Waals surface area contributed by atoms with Gasteiger partial charge in [-0.2, -0.15) is 0 Å². The van der Waals surface area contributed by atoms with Crippen LogP contribution in [0.25, 0.3) is 0 Å². The molecule has 318 valence electrons. The van der Waals surface area contributed by atoms with Gasteiger partial charge >= 0.3 is 19.8 Å². The fourth-order valence-corrected chi connectivity index (χ4v) is 7.37. The second kappa shape index (κ2) is 31.6. The van der Waals surface area contributed by atoms with Gasteiger partial charge in [-0.3, -0.25) is 18.6 Å². The summed E-state index contributed by atoms with van der Waals surface area (Å²) in [6.07, 6.45) is 17.1. The molecule has 0 aliphatic heterocycles.